The first-order valence-electron chi connectivity index (χ1n) is 5.73. The molecule has 0 bridgehead atoms. The van der Waals surface area contributed by atoms with Crippen LogP contribution >= 0.6 is 15.9 Å². The molecule has 0 aliphatic rings. The fourth-order valence-electron chi connectivity index (χ4n) is 1.82. The maximum absolute atomic E-state index is 13.2. The summed E-state index contributed by atoms with van der Waals surface area (Å²) in [6, 6.07) is 5.12. The highest BCUT2D eigenvalue weighted by molar-refractivity contribution is 9.10. The van der Waals surface area contributed by atoms with Gasteiger partial charge in [0.25, 0.3) is 0 Å². The van der Waals surface area contributed by atoms with Crippen LogP contribution in [0.2, 0.25) is 0 Å². The van der Waals surface area contributed by atoms with E-state index in [1.54, 1.807) is 0 Å². The summed E-state index contributed by atoms with van der Waals surface area (Å²) < 4.78 is 52.6. The zero-order valence-electron chi connectivity index (χ0n) is 10.2. The Labute approximate surface area is 124 Å². The molecular weight excluding hydrogens is 354 g/mol. The van der Waals surface area contributed by atoms with E-state index in [4.69, 9.17) is 0 Å². The Morgan fingerprint density at radius 2 is 1.86 bits per heavy atom. The second kappa shape index (κ2) is 4.80. The predicted molar refractivity (Wildman–Crippen MR) is 71.1 cm³/mol. The van der Waals surface area contributed by atoms with Gasteiger partial charge in [-0.15, -0.1) is 0 Å². The monoisotopic (exact) mass is 359 g/mol. The Kier molecular flexibility index (Phi) is 3.20. The van der Waals surface area contributed by atoms with Crippen LogP contribution in [0.15, 0.2) is 41.1 Å². The number of rotatable bonds is 1. The summed E-state index contributed by atoms with van der Waals surface area (Å²) in [7, 11) is 0. The van der Waals surface area contributed by atoms with Crippen molar-refractivity contribution in [3.8, 4) is 11.3 Å². The highest BCUT2D eigenvalue weighted by atomic mass is 79.9. The number of hydrogen-bond acceptors (Lipinski definition) is 2. The molecule has 3 rings (SSSR count). The van der Waals surface area contributed by atoms with Gasteiger partial charge in [0.15, 0.2) is 0 Å². The summed E-state index contributed by atoms with van der Waals surface area (Å²) >= 11 is 3.05. The molecule has 2 aromatic heterocycles. The van der Waals surface area contributed by atoms with Gasteiger partial charge in [0, 0.05) is 18.0 Å². The number of imidazole rings is 1. The molecule has 0 atom stereocenters. The van der Waals surface area contributed by atoms with E-state index in [0.29, 0.717) is 11.3 Å². The molecule has 0 N–H and O–H groups in total. The molecule has 0 saturated heterocycles. The van der Waals surface area contributed by atoms with Crippen LogP contribution in [-0.2, 0) is 6.18 Å². The molecule has 0 saturated carbocycles. The standard InChI is InChI=1S/C13H6BrF4N3/c14-8-5-7(1-2-9(8)15)10-6-21-4-3-11(13(16,17)18)20-12(21)19-10/h1-6H. The van der Waals surface area contributed by atoms with E-state index in [-0.39, 0.29) is 10.3 Å². The summed E-state index contributed by atoms with van der Waals surface area (Å²) in [5, 5.41) is 0. The smallest absolute Gasteiger partial charge is 0.290 e. The normalized spacial score (nSPS) is 12.0. The third-order valence-corrected chi connectivity index (χ3v) is 3.44. The van der Waals surface area contributed by atoms with Gasteiger partial charge in [0.2, 0.25) is 5.78 Å². The SMILES string of the molecule is Fc1ccc(-c2cn3ccc(C(F)(F)F)nc3n2)cc1Br. The summed E-state index contributed by atoms with van der Waals surface area (Å²) in [6.45, 7) is 0. The van der Waals surface area contributed by atoms with Crippen molar-refractivity contribution in [2.45, 2.75) is 6.18 Å². The fourth-order valence-corrected chi connectivity index (χ4v) is 2.20. The van der Waals surface area contributed by atoms with Crippen LogP contribution in [0.3, 0.4) is 0 Å². The molecule has 0 aliphatic carbocycles. The highest BCUT2D eigenvalue weighted by Crippen LogP contribution is 2.29. The Balaban J connectivity index is 2.10. The van der Waals surface area contributed by atoms with E-state index in [0.717, 1.165) is 6.07 Å². The van der Waals surface area contributed by atoms with Gasteiger partial charge in [-0.05, 0) is 40.2 Å². The number of halogens is 5. The zero-order valence-corrected chi connectivity index (χ0v) is 11.8. The molecule has 8 heteroatoms. The summed E-state index contributed by atoms with van der Waals surface area (Å²) in [5.41, 5.74) is -0.0303. The van der Waals surface area contributed by atoms with Crippen molar-refractivity contribution in [3.05, 3.63) is 52.6 Å². The molecule has 0 aliphatic heterocycles. The molecule has 108 valence electrons. The van der Waals surface area contributed by atoms with E-state index < -0.39 is 17.7 Å². The van der Waals surface area contributed by atoms with E-state index in [9.17, 15) is 17.6 Å². The third kappa shape index (κ3) is 2.63. The van der Waals surface area contributed by atoms with Gasteiger partial charge in [0.1, 0.15) is 11.5 Å². The molecule has 2 heterocycles. The van der Waals surface area contributed by atoms with Gasteiger partial charge < -0.3 is 0 Å². The fraction of sp³-hybridized carbons (Fsp3) is 0.0769. The molecule has 0 fully saturated rings. The largest absolute Gasteiger partial charge is 0.433 e. The lowest BCUT2D eigenvalue weighted by Crippen LogP contribution is -2.08. The highest BCUT2D eigenvalue weighted by Gasteiger charge is 2.32. The van der Waals surface area contributed by atoms with Crippen LogP contribution < -0.4 is 0 Å². The van der Waals surface area contributed by atoms with E-state index in [2.05, 4.69) is 25.9 Å². The second-order valence-electron chi connectivity index (χ2n) is 4.27. The first kappa shape index (κ1) is 14.0. The van der Waals surface area contributed by atoms with Crippen molar-refractivity contribution < 1.29 is 17.6 Å². The molecule has 0 unspecified atom stereocenters. The number of fused-ring (bicyclic) bond motifs is 1. The molecule has 0 radical (unpaired) electrons. The van der Waals surface area contributed by atoms with E-state index in [1.165, 1.54) is 35.0 Å². The number of alkyl halides is 3. The first-order valence-corrected chi connectivity index (χ1v) is 6.52. The van der Waals surface area contributed by atoms with Gasteiger partial charge in [-0.25, -0.2) is 14.4 Å². The number of hydrogen-bond donors (Lipinski definition) is 0. The van der Waals surface area contributed by atoms with Crippen LogP contribution in [0.4, 0.5) is 17.6 Å². The molecule has 3 nitrogen and oxygen atoms in total. The Hall–Kier alpha value is -1.96. The van der Waals surface area contributed by atoms with Crippen molar-refractivity contribution in [2.75, 3.05) is 0 Å². The first-order chi connectivity index (χ1) is 9.84. The Morgan fingerprint density at radius 3 is 2.52 bits per heavy atom. The van der Waals surface area contributed by atoms with Gasteiger partial charge in [-0.3, -0.25) is 4.40 Å². The maximum Gasteiger partial charge on any atom is 0.433 e. The topological polar surface area (TPSA) is 30.2 Å². The van der Waals surface area contributed by atoms with Crippen molar-refractivity contribution in [2.24, 2.45) is 0 Å². The molecule has 3 aromatic rings. The van der Waals surface area contributed by atoms with Crippen LogP contribution in [0, 0.1) is 5.82 Å². The van der Waals surface area contributed by atoms with Crippen molar-refractivity contribution in [3.63, 3.8) is 0 Å². The van der Waals surface area contributed by atoms with Gasteiger partial charge in [0.05, 0.1) is 10.2 Å². The van der Waals surface area contributed by atoms with Crippen LogP contribution in [0.1, 0.15) is 5.69 Å². The van der Waals surface area contributed by atoms with Crippen LogP contribution in [0.5, 0.6) is 0 Å². The van der Waals surface area contributed by atoms with Gasteiger partial charge in [-0.1, -0.05) is 0 Å². The lowest BCUT2D eigenvalue weighted by atomic mass is 10.2. The minimum absolute atomic E-state index is 0.0692. The van der Waals surface area contributed by atoms with Gasteiger partial charge >= 0.3 is 6.18 Å². The van der Waals surface area contributed by atoms with Crippen molar-refractivity contribution in [1.29, 1.82) is 0 Å². The summed E-state index contributed by atoms with van der Waals surface area (Å²) in [5.74, 6) is -0.500. The zero-order chi connectivity index (χ0) is 15.2. The second-order valence-corrected chi connectivity index (χ2v) is 5.13. The van der Waals surface area contributed by atoms with E-state index >= 15 is 0 Å². The number of aromatic nitrogens is 3. The predicted octanol–water partition coefficient (Wildman–Crippen LogP) is 4.32. The van der Waals surface area contributed by atoms with Crippen LogP contribution in [0.25, 0.3) is 17.0 Å². The Morgan fingerprint density at radius 1 is 1.10 bits per heavy atom. The van der Waals surface area contributed by atoms with Gasteiger partial charge in [-0.2, -0.15) is 13.2 Å². The minimum Gasteiger partial charge on any atom is -0.290 e. The lowest BCUT2D eigenvalue weighted by Gasteiger charge is -2.04. The van der Waals surface area contributed by atoms with Crippen LogP contribution in [-0.4, -0.2) is 14.4 Å². The number of nitrogens with zero attached hydrogens (tertiary/aromatic N) is 3. The molecular formula is C13H6BrF4N3. The molecule has 21 heavy (non-hydrogen) atoms. The Bertz CT molecular complexity index is 826. The molecule has 0 spiro atoms. The molecule has 0 amide bonds. The average molecular weight is 360 g/mol. The third-order valence-electron chi connectivity index (χ3n) is 2.83. The quantitative estimate of drug-likeness (QED) is 0.606. The average Bonchev–Trinajstić information content (AvgIpc) is 2.83. The summed E-state index contributed by atoms with van der Waals surface area (Å²) in [4.78, 5) is 7.51. The summed E-state index contributed by atoms with van der Waals surface area (Å²) in [6.07, 6.45) is -1.75. The van der Waals surface area contributed by atoms with Crippen molar-refractivity contribution >= 4 is 21.7 Å². The van der Waals surface area contributed by atoms with Crippen molar-refractivity contribution in [1.82, 2.24) is 14.4 Å². The molecule has 1 aromatic carbocycles. The maximum atomic E-state index is 13.2. The number of benzene rings is 1. The lowest BCUT2D eigenvalue weighted by molar-refractivity contribution is -0.141. The minimum atomic E-state index is -4.52. The van der Waals surface area contributed by atoms with E-state index in [1.807, 2.05) is 0 Å².